The fraction of sp³-hybridized carbons (Fsp3) is 0.579. The summed E-state index contributed by atoms with van der Waals surface area (Å²) in [6, 6.07) is 7.33. The Morgan fingerprint density at radius 3 is 2.92 bits per heavy atom. The highest BCUT2D eigenvalue weighted by atomic mass is 16.5. The van der Waals surface area contributed by atoms with E-state index in [1.165, 1.54) is 13.3 Å². The number of Topliss-reactive ketones (excluding diaryl/α,β-unsaturated/α-hetero) is 1. The molecule has 4 atom stereocenters. The molecule has 0 aromatic heterocycles. The molecule has 1 aromatic rings. The molecule has 3 aliphatic rings. The third kappa shape index (κ3) is 4.58. The first-order valence-corrected chi connectivity index (χ1v) is 9.04. The van der Waals surface area contributed by atoms with Gasteiger partial charge in [-0.3, -0.25) is 14.5 Å². The number of benzene rings is 1. The number of rotatable bonds is 6. The highest BCUT2D eigenvalue weighted by molar-refractivity contribution is 5.94. The molecule has 0 saturated carbocycles. The van der Waals surface area contributed by atoms with Gasteiger partial charge < -0.3 is 15.0 Å². The monoisotopic (exact) mass is 345 g/mol. The Bertz CT molecular complexity index is 630. The molecule has 3 fully saturated rings. The summed E-state index contributed by atoms with van der Waals surface area (Å²) in [6.45, 7) is 9.42. The average molecular weight is 345 g/mol. The van der Waals surface area contributed by atoms with Gasteiger partial charge >= 0.3 is 0 Å². The molecule has 1 aromatic carbocycles. The molecular weight excluding hydrogens is 318 g/mol. The van der Waals surface area contributed by atoms with E-state index in [2.05, 4.69) is 15.1 Å². The smallest absolute Gasteiger partial charge is 0.260 e. The zero-order valence-corrected chi connectivity index (χ0v) is 15.0. The Labute approximate surface area is 149 Å². The summed E-state index contributed by atoms with van der Waals surface area (Å²) in [5.41, 5.74) is 0.585. The lowest BCUT2D eigenvalue weighted by Gasteiger charge is -2.37. The predicted molar refractivity (Wildman–Crippen MR) is 96.0 cm³/mol. The quantitative estimate of drug-likeness (QED) is 0.784. The lowest BCUT2D eigenvalue weighted by atomic mass is 10.1. The van der Waals surface area contributed by atoms with E-state index >= 15 is 0 Å². The van der Waals surface area contributed by atoms with Gasteiger partial charge in [0, 0.05) is 37.8 Å². The van der Waals surface area contributed by atoms with Gasteiger partial charge in [0.15, 0.2) is 11.9 Å². The van der Waals surface area contributed by atoms with Gasteiger partial charge in [-0.2, -0.15) is 0 Å². The molecule has 0 radical (unpaired) electrons. The maximum Gasteiger partial charge on any atom is 0.260 e. The Morgan fingerprint density at radius 1 is 1.28 bits per heavy atom. The van der Waals surface area contributed by atoms with E-state index in [1.807, 2.05) is 0 Å². The molecule has 25 heavy (non-hydrogen) atoms. The molecule has 6 heteroatoms. The van der Waals surface area contributed by atoms with Gasteiger partial charge in [-0.05, 0) is 45.5 Å². The normalized spacial score (nSPS) is 26.6. The predicted octanol–water partition coefficient (Wildman–Crippen LogP) is 1.16. The lowest BCUT2D eigenvalue weighted by Crippen LogP contribution is -2.55. The SMILES string of the molecule is CC(=O)c1cccc(O[C@@H](C)C(=O)NC[C@@H]2CN3CCCN2CC3)c1. The Kier molecular flexibility index (Phi) is 5.71. The van der Waals surface area contributed by atoms with Gasteiger partial charge in [0.05, 0.1) is 0 Å². The minimum absolute atomic E-state index is 0.0185. The van der Waals surface area contributed by atoms with Crippen molar-refractivity contribution in [2.24, 2.45) is 0 Å². The van der Waals surface area contributed by atoms with Crippen LogP contribution in [0.3, 0.4) is 0 Å². The zero-order valence-electron chi connectivity index (χ0n) is 15.0. The van der Waals surface area contributed by atoms with E-state index in [4.69, 9.17) is 4.74 Å². The second kappa shape index (κ2) is 7.97. The van der Waals surface area contributed by atoms with Crippen molar-refractivity contribution in [2.45, 2.75) is 32.4 Å². The minimum atomic E-state index is -0.597. The fourth-order valence-electron chi connectivity index (χ4n) is 3.55. The highest BCUT2D eigenvalue weighted by Gasteiger charge is 2.30. The van der Waals surface area contributed by atoms with Crippen LogP contribution in [-0.4, -0.2) is 72.9 Å². The standard InChI is InChI=1S/C19H27N3O3/c1-14(23)16-5-3-6-18(11-16)25-15(2)19(24)20-12-17-13-21-7-4-8-22(17)10-9-21/h3,5-6,11,15,17H,4,7-10,12-13H2,1-2H3,(H,20,24)/t15-,17+/m0/s1. The van der Waals surface area contributed by atoms with Crippen LogP contribution in [0.1, 0.15) is 30.6 Å². The summed E-state index contributed by atoms with van der Waals surface area (Å²) in [6.07, 6.45) is 0.608. The molecule has 1 N–H and O–H groups in total. The molecule has 2 unspecified atom stereocenters. The molecule has 3 aliphatic heterocycles. The van der Waals surface area contributed by atoms with Crippen molar-refractivity contribution in [2.75, 3.05) is 39.3 Å². The van der Waals surface area contributed by atoms with Gasteiger partial charge in [0.25, 0.3) is 5.91 Å². The number of fused-ring (bicyclic) bond motifs is 4. The highest BCUT2D eigenvalue weighted by Crippen LogP contribution is 2.17. The number of hydrogen-bond donors (Lipinski definition) is 1. The summed E-state index contributed by atoms with van der Waals surface area (Å²) in [4.78, 5) is 28.8. The first-order valence-electron chi connectivity index (χ1n) is 9.04. The maximum atomic E-state index is 12.4. The second-order valence-corrected chi connectivity index (χ2v) is 6.93. The summed E-state index contributed by atoms with van der Waals surface area (Å²) < 4.78 is 5.71. The van der Waals surface area contributed by atoms with Gasteiger partial charge in [-0.25, -0.2) is 0 Å². The number of nitrogens with zero attached hydrogens (tertiary/aromatic N) is 2. The molecule has 2 bridgehead atoms. The summed E-state index contributed by atoms with van der Waals surface area (Å²) in [7, 11) is 0. The first-order chi connectivity index (χ1) is 12.0. The molecule has 0 aliphatic carbocycles. The topological polar surface area (TPSA) is 61.9 Å². The van der Waals surface area contributed by atoms with Crippen LogP contribution in [0.5, 0.6) is 5.75 Å². The Morgan fingerprint density at radius 2 is 2.12 bits per heavy atom. The molecule has 6 nitrogen and oxygen atoms in total. The van der Waals surface area contributed by atoms with Crippen LogP contribution in [0.15, 0.2) is 24.3 Å². The largest absolute Gasteiger partial charge is 0.481 e. The number of amides is 1. The second-order valence-electron chi connectivity index (χ2n) is 6.93. The average Bonchev–Trinajstić information content (AvgIpc) is 2.95. The first kappa shape index (κ1) is 17.9. The molecule has 3 heterocycles. The van der Waals surface area contributed by atoms with Gasteiger partial charge in [-0.1, -0.05) is 12.1 Å². The third-order valence-electron chi connectivity index (χ3n) is 5.04. The van der Waals surface area contributed by atoms with Crippen molar-refractivity contribution in [3.63, 3.8) is 0 Å². The van der Waals surface area contributed by atoms with Crippen LogP contribution < -0.4 is 10.1 Å². The number of nitrogens with one attached hydrogen (secondary N) is 1. The molecule has 4 rings (SSSR count). The van der Waals surface area contributed by atoms with Crippen molar-refractivity contribution in [3.8, 4) is 5.75 Å². The Hall–Kier alpha value is -1.92. The van der Waals surface area contributed by atoms with Crippen LogP contribution in [0.4, 0.5) is 0 Å². The number of hydrogen-bond acceptors (Lipinski definition) is 5. The van der Waals surface area contributed by atoms with E-state index in [9.17, 15) is 9.59 Å². The van der Waals surface area contributed by atoms with Crippen molar-refractivity contribution >= 4 is 11.7 Å². The number of carbonyl (C=O) groups is 2. The summed E-state index contributed by atoms with van der Waals surface area (Å²) >= 11 is 0. The summed E-state index contributed by atoms with van der Waals surface area (Å²) in [5, 5.41) is 3.02. The van der Waals surface area contributed by atoms with Gasteiger partial charge in [0.1, 0.15) is 5.75 Å². The van der Waals surface area contributed by atoms with Gasteiger partial charge in [-0.15, -0.1) is 0 Å². The molecule has 1 amide bonds. The molecular formula is C19H27N3O3. The molecule has 136 valence electrons. The van der Waals surface area contributed by atoms with E-state index in [0.717, 1.165) is 32.7 Å². The van der Waals surface area contributed by atoms with Crippen molar-refractivity contribution in [1.29, 1.82) is 0 Å². The lowest BCUT2D eigenvalue weighted by molar-refractivity contribution is -0.127. The Balaban J connectivity index is 1.51. The molecule has 3 saturated heterocycles. The van der Waals surface area contributed by atoms with Crippen LogP contribution in [0.25, 0.3) is 0 Å². The van der Waals surface area contributed by atoms with Crippen molar-refractivity contribution in [1.82, 2.24) is 15.1 Å². The maximum absolute atomic E-state index is 12.4. The minimum Gasteiger partial charge on any atom is -0.481 e. The van der Waals surface area contributed by atoms with Crippen LogP contribution in [0, 0.1) is 0 Å². The number of ether oxygens (including phenoxy) is 1. The zero-order chi connectivity index (χ0) is 17.8. The fourth-order valence-corrected chi connectivity index (χ4v) is 3.55. The van der Waals surface area contributed by atoms with E-state index < -0.39 is 6.10 Å². The van der Waals surface area contributed by atoms with E-state index in [1.54, 1.807) is 31.2 Å². The summed E-state index contributed by atoms with van der Waals surface area (Å²) in [5.74, 6) is 0.401. The van der Waals surface area contributed by atoms with Crippen molar-refractivity contribution < 1.29 is 14.3 Å². The molecule has 0 spiro atoms. The van der Waals surface area contributed by atoms with Crippen molar-refractivity contribution in [3.05, 3.63) is 29.8 Å². The van der Waals surface area contributed by atoms with Crippen LogP contribution in [0.2, 0.25) is 0 Å². The number of piperazine rings is 1. The third-order valence-corrected chi connectivity index (χ3v) is 5.04. The number of carbonyl (C=O) groups excluding carboxylic acids is 2. The van der Waals surface area contributed by atoms with E-state index in [0.29, 0.717) is 23.9 Å². The van der Waals surface area contributed by atoms with Crippen LogP contribution >= 0.6 is 0 Å². The number of ketones is 1. The van der Waals surface area contributed by atoms with E-state index in [-0.39, 0.29) is 11.7 Å². The van der Waals surface area contributed by atoms with Crippen LogP contribution in [-0.2, 0) is 4.79 Å². The van der Waals surface area contributed by atoms with Gasteiger partial charge in [0.2, 0.25) is 0 Å².